The lowest BCUT2D eigenvalue weighted by molar-refractivity contribution is -0.154. The Balaban J connectivity index is 2.19. The average molecular weight is 271 g/mol. The monoisotopic (exact) mass is 271 g/mol. The van der Waals surface area contributed by atoms with Crippen molar-refractivity contribution in [3.8, 4) is 0 Å². The summed E-state index contributed by atoms with van der Waals surface area (Å²) < 4.78 is 17.8. The van der Waals surface area contributed by atoms with E-state index in [0.717, 1.165) is 5.69 Å². The van der Waals surface area contributed by atoms with Gasteiger partial charge in [0.15, 0.2) is 0 Å². The summed E-state index contributed by atoms with van der Waals surface area (Å²) >= 11 is 1.58. The van der Waals surface area contributed by atoms with Crippen LogP contribution >= 0.6 is 11.8 Å². The van der Waals surface area contributed by atoms with Crippen LogP contribution < -0.4 is 0 Å². The molecule has 0 fully saturated rings. The Morgan fingerprint density at radius 2 is 2.17 bits per heavy atom. The van der Waals surface area contributed by atoms with Gasteiger partial charge in [0.05, 0.1) is 18.3 Å². The molecule has 0 atom stereocenters. The number of carbonyl (C=O) groups is 1. The van der Waals surface area contributed by atoms with E-state index < -0.39 is 5.60 Å². The highest BCUT2D eigenvalue weighted by Crippen LogP contribution is 2.14. The lowest BCUT2D eigenvalue weighted by atomic mass is 10.2. The molecule has 0 saturated heterocycles. The fourth-order valence-electron chi connectivity index (χ4n) is 1.22. The third-order valence-electron chi connectivity index (χ3n) is 1.91. The maximum absolute atomic E-state index is 12.6. The normalized spacial score (nSPS) is 11.3. The molecule has 0 saturated carbocycles. The van der Waals surface area contributed by atoms with E-state index >= 15 is 0 Å². The molecular weight excluding hydrogens is 253 g/mol. The molecule has 0 aromatic carbocycles. The van der Waals surface area contributed by atoms with Gasteiger partial charge in [-0.1, -0.05) is 0 Å². The number of ether oxygens (including phenoxy) is 1. The third kappa shape index (κ3) is 6.59. The molecule has 5 heteroatoms. The van der Waals surface area contributed by atoms with E-state index in [4.69, 9.17) is 4.74 Å². The van der Waals surface area contributed by atoms with Gasteiger partial charge in [0, 0.05) is 11.5 Å². The Hall–Kier alpha value is -1.10. The molecule has 0 radical (unpaired) electrons. The van der Waals surface area contributed by atoms with Crippen molar-refractivity contribution in [2.24, 2.45) is 0 Å². The minimum atomic E-state index is -0.430. The van der Waals surface area contributed by atoms with Gasteiger partial charge in [0.2, 0.25) is 0 Å². The van der Waals surface area contributed by atoms with Crippen LogP contribution in [0.2, 0.25) is 0 Å². The Kier molecular flexibility index (Phi) is 5.59. The van der Waals surface area contributed by atoms with Crippen molar-refractivity contribution < 1.29 is 13.9 Å². The molecule has 100 valence electrons. The molecule has 0 unspecified atom stereocenters. The van der Waals surface area contributed by atoms with Crippen molar-refractivity contribution in [1.29, 1.82) is 0 Å². The van der Waals surface area contributed by atoms with Gasteiger partial charge in [-0.2, -0.15) is 11.8 Å². The van der Waals surface area contributed by atoms with Gasteiger partial charge in [0.25, 0.3) is 0 Å². The summed E-state index contributed by atoms with van der Waals surface area (Å²) in [7, 11) is 0. The van der Waals surface area contributed by atoms with Gasteiger partial charge in [-0.25, -0.2) is 4.39 Å². The minimum absolute atomic E-state index is 0.193. The lowest BCUT2D eigenvalue weighted by Gasteiger charge is -2.19. The van der Waals surface area contributed by atoms with Gasteiger partial charge in [-0.15, -0.1) is 0 Å². The van der Waals surface area contributed by atoms with E-state index in [0.29, 0.717) is 17.9 Å². The number of nitrogens with zero attached hydrogens (tertiary/aromatic N) is 1. The molecule has 0 bridgehead atoms. The molecule has 0 amide bonds. The largest absolute Gasteiger partial charge is 0.460 e. The van der Waals surface area contributed by atoms with E-state index in [2.05, 4.69) is 4.98 Å². The second-order valence-electron chi connectivity index (χ2n) is 4.86. The lowest BCUT2D eigenvalue weighted by Crippen LogP contribution is -2.24. The van der Waals surface area contributed by atoms with Crippen molar-refractivity contribution in [3.63, 3.8) is 0 Å². The van der Waals surface area contributed by atoms with E-state index in [1.807, 2.05) is 20.8 Å². The Morgan fingerprint density at radius 3 is 2.72 bits per heavy atom. The second-order valence-corrected chi connectivity index (χ2v) is 5.96. The summed E-state index contributed by atoms with van der Waals surface area (Å²) in [6.45, 7) is 5.54. The topological polar surface area (TPSA) is 39.2 Å². The maximum Gasteiger partial charge on any atom is 0.307 e. The van der Waals surface area contributed by atoms with E-state index in [1.165, 1.54) is 12.3 Å². The van der Waals surface area contributed by atoms with Crippen LogP contribution in [0.1, 0.15) is 32.9 Å². The number of hydrogen-bond donors (Lipinski definition) is 0. The molecule has 0 aliphatic rings. The Morgan fingerprint density at radius 1 is 1.44 bits per heavy atom. The van der Waals surface area contributed by atoms with Crippen molar-refractivity contribution in [1.82, 2.24) is 4.98 Å². The number of carbonyl (C=O) groups excluding carboxylic acids is 1. The zero-order valence-electron chi connectivity index (χ0n) is 10.9. The smallest absolute Gasteiger partial charge is 0.307 e. The third-order valence-corrected chi connectivity index (χ3v) is 2.90. The maximum atomic E-state index is 12.6. The van der Waals surface area contributed by atoms with Crippen LogP contribution in [0.5, 0.6) is 0 Å². The second kappa shape index (κ2) is 6.73. The van der Waals surface area contributed by atoms with E-state index in [-0.39, 0.29) is 11.8 Å². The van der Waals surface area contributed by atoms with E-state index in [1.54, 1.807) is 17.8 Å². The summed E-state index contributed by atoms with van der Waals surface area (Å²) in [4.78, 5) is 15.4. The fourth-order valence-corrected chi connectivity index (χ4v) is 2.05. The van der Waals surface area contributed by atoms with Gasteiger partial charge in [0.1, 0.15) is 11.4 Å². The molecule has 1 aromatic rings. The van der Waals surface area contributed by atoms with Gasteiger partial charge < -0.3 is 4.74 Å². The summed E-state index contributed by atoms with van der Waals surface area (Å²) in [6, 6.07) is 3.03. The molecular formula is C13H18FNO2S. The molecule has 0 aliphatic heterocycles. The SMILES string of the molecule is CC(C)(C)OC(=O)CCSCc1ccc(F)cn1. The first-order chi connectivity index (χ1) is 8.37. The summed E-state index contributed by atoms with van der Waals surface area (Å²) in [6.07, 6.45) is 1.58. The molecule has 1 aromatic heterocycles. The first kappa shape index (κ1) is 15.0. The highest BCUT2D eigenvalue weighted by atomic mass is 32.2. The first-order valence-electron chi connectivity index (χ1n) is 5.77. The number of hydrogen-bond acceptors (Lipinski definition) is 4. The molecule has 1 heterocycles. The molecule has 1 rings (SSSR count). The van der Waals surface area contributed by atoms with Crippen molar-refractivity contribution in [3.05, 3.63) is 29.8 Å². The number of rotatable bonds is 5. The van der Waals surface area contributed by atoms with Crippen LogP contribution in [0.25, 0.3) is 0 Å². The summed E-state index contributed by atoms with van der Waals surface area (Å²) in [5.41, 5.74) is 0.380. The summed E-state index contributed by atoms with van der Waals surface area (Å²) in [5, 5.41) is 0. The highest BCUT2D eigenvalue weighted by molar-refractivity contribution is 7.98. The van der Waals surface area contributed by atoms with Crippen LogP contribution in [-0.2, 0) is 15.3 Å². The number of esters is 1. The van der Waals surface area contributed by atoms with Crippen LogP contribution in [0.3, 0.4) is 0 Å². The number of thioether (sulfide) groups is 1. The predicted octanol–water partition coefficient (Wildman–Crippen LogP) is 3.19. The van der Waals surface area contributed by atoms with Crippen molar-refractivity contribution >= 4 is 17.7 Å². The van der Waals surface area contributed by atoms with Crippen LogP contribution in [0.4, 0.5) is 4.39 Å². The molecule has 0 spiro atoms. The zero-order valence-corrected chi connectivity index (χ0v) is 11.7. The average Bonchev–Trinajstić information content (AvgIpc) is 2.24. The first-order valence-corrected chi connectivity index (χ1v) is 6.92. The van der Waals surface area contributed by atoms with Crippen molar-refractivity contribution in [2.75, 3.05) is 5.75 Å². The quantitative estimate of drug-likeness (QED) is 0.609. The van der Waals surface area contributed by atoms with Crippen molar-refractivity contribution in [2.45, 2.75) is 38.5 Å². The van der Waals surface area contributed by atoms with Gasteiger partial charge in [-0.05, 0) is 32.9 Å². The van der Waals surface area contributed by atoms with Crippen LogP contribution in [0, 0.1) is 5.82 Å². The molecule has 0 N–H and O–H groups in total. The standard InChI is InChI=1S/C13H18FNO2S/c1-13(2,3)17-12(16)6-7-18-9-11-5-4-10(14)8-15-11/h4-5,8H,6-7,9H2,1-3H3. The van der Waals surface area contributed by atoms with Crippen LogP contribution in [-0.4, -0.2) is 22.3 Å². The predicted molar refractivity (Wildman–Crippen MR) is 70.8 cm³/mol. The Labute approximate surface area is 111 Å². The van der Waals surface area contributed by atoms with Crippen LogP contribution in [0.15, 0.2) is 18.3 Å². The molecule has 3 nitrogen and oxygen atoms in total. The zero-order chi connectivity index (χ0) is 13.6. The Bertz CT molecular complexity index is 387. The number of pyridine rings is 1. The number of halogens is 1. The van der Waals surface area contributed by atoms with E-state index in [9.17, 15) is 9.18 Å². The minimum Gasteiger partial charge on any atom is -0.460 e. The fraction of sp³-hybridized carbons (Fsp3) is 0.538. The van der Waals surface area contributed by atoms with Gasteiger partial charge in [-0.3, -0.25) is 9.78 Å². The number of aromatic nitrogens is 1. The highest BCUT2D eigenvalue weighted by Gasteiger charge is 2.15. The molecule has 18 heavy (non-hydrogen) atoms. The van der Waals surface area contributed by atoms with Gasteiger partial charge >= 0.3 is 5.97 Å². The summed E-state index contributed by atoms with van der Waals surface area (Å²) in [5.74, 6) is 0.816. The molecule has 0 aliphatic carbocycles.